The number of unbranched alkanes of at least 4 members (excludes halogenated alkanes) is 9. The first-order valence-corrected chi connectivity index (χ1v) is 45.8. The van der Waals surface area contributed by atoms with Crippen LogP contribution in [0, 0.1) is 38.5 Å². The molecule has 128 heavy (non-hydrogen) atoms. The van der Waals surface area contributed by atoms with E-state index in [1.165, 1.54) is 21.3 Å². The Morgan fingerprint density at radius 3 is 1.10 bits per heavy atom. The van der Waals surface area contributed by atoms with E-state index in [-0.39, 0.29) is 74.2 Å². The lowest BCUT2D eigenvalue weighted by molar-refractivity contribution is -0.160. The maximum absolute atomic E-state index is 14.2. The quantitative estimate of drug-likeness (QED) is 0.0183. The Morgan fingerprint density at radius 1 is 0.477 bits per heavy atom. The van der Waals surface area contributed by atoms with E-state index in [2.05, 4.69) is 30.0 Å². The highest BCUT2D eigenvalue weighted by Crippen LogP contribution is 2.49. The van der Waals surface area contributed by atoms with E-state index in [1.807, 2.05) is 93.6 Å². The summed E-state index contributed by atoms with van der Waals surface area (Å²) in [4.78, 5) is 132. The number of aliphatic carboxylic acids is 1. The second-order valence-corrected chi connectivity index (χ2v) is 38.8. The van der Waals surface area contributed by atoms with Gasteiger partial charge in [-0.05, 0) is 234 Å². The fourth-order valence-corrected chi connectivity index (χ4v) is 18.5. The van der Waals surface area contributed by atoms with Crippen molar-refractivity contribution in [2.75, 3.05) is 41.0 Å². The Bertz CT molecular complexity index is 4800. The average Bonchev–Trinajstić information content (AvgIpc) is 1.56. The van der Waals surface area contributed by atoms with E-state index in [1.54, 1.807) is 72.1 Å². The summed E-state index contributed by atoms with van der Waals surface area (Å²) in [5.74, 6) is -3.58. The van der Waals surface area contributed by atoms with Crippen LogP contribution in [0.25, 0.3) is 32.7 Å². The molecule has 0 radical (unpaired) electrons. The van der Waals surface area contributed by atoms with Crippen LogP contribution >= 0.6 is 47.2 Å². The Morgan fingerprint density at radius 2 is 0.789 bits per heavy atom. The van der Waals surface area contributed by atoms with Gasteiger partial charge in [0.05, 0.1) is 93.2 Å². The third-order valence-electron chi connectivity index (χ3n) is 23.9. The Hall–Kier alpha value is -9.14. The van der Waals surface area contributed by atoms with Crippen molar-refractivity contribution >= 4 is 134 Å². The number of hydrogen-bond acceptors (Lipinski definition) is 22. The number of esters is 6. The van der Waals surface area contributed by atoms with Crippen LogP contribution in [0.2, 0.25) is 15.1 Å². The number of carboxylic acids is 1. The molecule has 3 fully saturated rings. The predicted octanol–water partition coefficient (Wildman–Crippen LogP) is 19.8. The zero-order valence-electron chi connectivity index (χ0n) is 77.3. The largest absolute Gasteiger partial charge is 0.484 e. The number of benzene rings is 3. The summed E-state index contributed by atoms with van der Waals surface area (Å²) in [6.07, 6.45) is 23.5. The standard InChI is InChI=1S/2C33H43ClN2O6.C18H19ClN2O3.C15H26O4.ClH/c2*1-7-8-9-10-11-12-22(17-28(37)41-32(3,4)5)30(38)36-20-33(19-27(36)31(39)40-6)16-15-24-25-18-23(34)13-14-26(25)35-21(2)29(24)42-33;1-10-16-12(13-7-11(19)3-4-14(13)21-10)5-6-18(24-16)8-15(20-9-18)17(22)23-2;1-5-6-7-8-9-10-12(14(17)18)11-13(16)19-15(2,3)4;/h2*7,13-14,18,22,27H,1,8-12,15-17,19-20H2,2-6H3;3-4,7,15,20H,5-6,8-9H2,1-2H3;5,12H,1,6-11H2,2-4H3,(H,17,18);1H/t22-,27+,33+;22-,27+,33-;15-,18?;12-;/m1101./s1. The first-order valence-electron chi connectivity index (χ1n) is 44.6. The molecule has 9 atom stereocenters. The number of aryl methyl sites for hydroxylation is 6. The molecule has 3 saturated heterocycles. The average molecular weight is 1850 g/mol. The van der Waals surface area contributed by atoms with E-state index < -0.39 is 93.7 Å². The maximum Gasteiger partial charge on any atom is 0.328 e. The molecule has 6 aliphatic rings. The van der Waals surface area contributed by atoms with Crippen LogP contribution < -0.4 is 19.5 Å². The summed E-state index contributed by atoms with van der Waals surface area (Å²) < 4.78 is 51.3. The monoisotopic (exact) mass is 1850 g/mol. The minimum atomic E-state index is -0.922. The van der Waals surface area contributed by atoms with Gasteiger partial charge in [-0.25, -0.2) is 24.5 Å². The molecule has 0 bridgehead atoms. The molecular weight excluding hydrogens is 1720 g/mol. The number of aromatic nitrogens is 3. The van der Waals surface area contributed by atoms with Crippen molar-refractivity contribution in [2.45, 2.75) is 308 Å². The smallest absolute Gasteiger partial charge is 0.328 e. The van der Waals surface area contributed by atoms with Crippen LogP contribution in [0.15, 0.2) is 92.6 Å². The molecule has 700 valence electrons. The van der Waals surface area contributed by atoms with Crippen molar-refractivity contribution in [3.63, 3.8) is 0 Å². The normalized spacial score (nSPS) is 20.2. The molecule has 12 rings (SSSR count). The van der Waals surface area contributed by atoms with Gasteiger partial charge in [0.25, 0.3) is 0 Å². The molecule has 0 aliphatic carbocycles. The molecule has 3 aromatic heterocycles. The number of amides is 2. The molecule has 1 unspecified atom stereocenters. The molecule has 6 aromatic rings. The van der Waals surface area contributed by atoms with Crippen LogP contribution in [-0.2, 0) is 90.8 Å². The molecule has 2 N–H and O–H groups in total. The maximum atomic E-state index is 14.2. The van der Waals surface area contributed by atoms with E-state index >= 15 is 0 Å². The second-order valence-electron chi connectivity index (χ2n) is 37.5. The number of carbonyl (C=O) groups is 9. The summed E-state index contributed by atoms with van der Waals surface area (Å²) in [5.41, 5.74) is 4.43. The van der Waals surface area contributed by atoms with E-state index in [0.717, 1.165) is 162 Å². The summed E-state index contributed by atoms with van der Waals surface area (Å²) >= 11 is 18.8. The number of pyridine rings is 3. The van der Waals surface area contributed by atoms with Gasteiger partial charge >= 0.3 is 41.8 Å². The number of hydrogen-bond donors (Lipinski definition) is 2. The van der Waals surface area contributed by atoms with Crippen LogP contribution in [0.3, 0.4) is 0 Å². The highest BCUT2D eigenvalue weighted by molar-refractivity contribution is 6.32. The van der Waals surface area contributed by atoms with Crippen LogP contribution in [0.5, 0.6) is 17.2 Å². The lowest BCUT2D eigenvalue weighted by Crippen LogP contribution is -2.47. The Balaban J connectivity index is 0.000000221. The zero-order chi connectivity index (χ0) is 93.1. The molecule has 3 aromatic carbocycles. The van der Waals surface area contributed by atoms with Crippen LogP contribution in [0.1, 0.15) is 250 Å². The first-order chi connectivity index (χ1) is 60.0. The number of fused-ring (bicyclic) bond motifs is 9. The number of ether oxygens (including phenoxy) is 9. The van der Waals surface area contributed by atoms with Gasteiger partial charge in [-0.3, -0.25) is 33.6 Å². The zero-order valence-corrected chi connectivity index (χ0v) is 80.4. The van der Waals surface area contributed by atoms with Gasteiger partial charge in [-0.1, -0.05) is 91.6 Å². The van der Waals surface area contributed by atoms with Gasteiger partial charge in [0.2, 0.25) is 11.8 Å². The van der Waals surface area contributed by atoms with Gasteiger partial charge in [0.15, 0.2) is 0 Å². The molecule has 2 amide bonds. The fraction of sp³-hybridized carbons (Fsp3) is 0.576. The number of halogens is 4. The number of carboxylic acid groups (broad SMARTS) is 1. The van der Waals surface area contributed by atoms with E-state index in [4.69, 9.17) is 92.5 Å². The third-order valence-corrected chi connectivity index (χ3v) is 24.7. The Labute approximate surface area is 775 Å². The molecule has 0 saturated carbocycles. The third kappa shape index (κ3) is 28.2. The van der Waals surface area contributed by atoms with Crippen molar-refractivity contribution in [3.05, 3.63) is 141 Å². The second kappa shape index (κ2) is 46.1. The van der Waals surface area contributed by atoms with Crippen LogP contribution in [-0.4, -0.2) is 176 Å². The number of methoxy groups -OCH3 is 3. The molecule has 9 heterocycles. The van der Waals surface area contributed by atoms with Gasteiger partial charge in [0, 0.05) is 85.6 Å². The Kier molecular flexibility index (Phi) is 37.5. The van der Waals surface area contributed by atoms with E-state index in [9.17, 15) is 43.2 Å². The minimum absolute atomic E-state index is 0. The number of rotatable bonds is 30. The van der Waals surface area contributed by atoms with Crippen molar-refractivity contribution in [1.29, 1.82) is 0 Å². The van der Waals surface area contributed by atoms with Gasteiger partial charge in [0.1, 0.15) is 69.0 Å². The van der Waals surface area contributed by atoms with Gasteiger partial charge in [-0.2, -0.15) is 0 Å². The van der Waals surface area contributed by atoms with Crippen molar-refractivity contribution < 1.29 is 90.9 Å². The minimum Gasteiger partial charge on any atom is -0.484 e. The van der Waals surface area contributed by atoms with E-state index in [0.29, 0.717) is 97.3 Å². The predicted molar refractivity (Wildman–Crippen MR) is 499 cm³/mol. The summed E-state index contributed by atoms with van der Waals surface area (Å²) in [6.45, 7) is 34.2. The number of nitrogens with zero attached hydrogens (tertiary/aromatic N) is 5. The summed E-state index contributed by atoms with van der Waals surface area (Å²) in [5, 5.41) is 17.2. The SMILES string of the molecule is C=CCCCCC[C@H](CC(=O)OC(C)(C)C)C(=O)N1C[C@@]2(CCc3c(c(C)nc4ccc(Cl)cc34)O2)C[C@H]1C(=O)OC.C=CCCCCC[C@H](CC(=O)OC(C)(C)C)C(=O)N1C[C@]2(CCc3c(c(C)nc4ccc(Cl)cc34)O2)C[C@H]1C(=O)OC.C=CCCCCC[C@H](CC(=O)OC(C)(C)C)C(=O)O.COC(=O)[C@@H]1CC2(CCc3c(c(C)nc4ccc(Cl)cc34)O2)CN1.Cl. The molecular formula is C99H132Cl4N6O19. The molecule has 29 heteroatoms. The topological polar surface area (TPSA) is 314 Å². The van der Waals surface area contributed by atoms with Crippen molar-refractivity contribution in [2.24, 2.45) is 17.8 Å². The molecule has 25 nitrogen and oxygen atoms in total. The summed E-state index contributed by atoms with van der Waals surface area (Å²) in [7, 11) is 4.07. The lowest BCUT2D eigenvalue weighted by atomic mass is 9.87. The number of carbonyl (C=O) groups excluding carboxylic acids is 8. The first kappa shape index (κ1) is 104. The molecule has 3 spiro atoms. The molecule has 6 aliphatic heterocycles. The highest BCUT2D eigenvalue weighted by atomic mass is 35.5. The van der Waals surface area contributed by atoms with Gasteiger partial charge < -0.3 is 62.9 Å². The van der Waals surface area contributed by atoms with Crippen molar-refractivity contribution in [3.8, 4) is 17.2 Å². The highest BCUT2D eigenvalue weighted by Gasteiger charge is 2.56. The number of nitrogens with one attached hydrogen (secondary N) is 1. The number of allylic oxidation sites excluding steroid dienone is 3. The number of likely N-dealkylation sites (tertiary alicyclic amines) is 2. The van der Waals surface area contributed by atoms with Crippen molar-refractivity contribution in [1.82, 2.24) is 30.1 Å². The lowest BCUT2D eigenvalue weighted by Gasteiger charge is -2.36. The summed E-state index contributed by atoms with van der Waals surface area (Å²) in [6, 6.07) is 15.1. The van der Waals surface area contributed by atoms with Gasteiger partial charge in [-0.15, -0.1) is 32.1 Å². The van der Waals surface area contributed by atoms with Crippen LogP contribution in [0.4, 0.5) is 0 Å². The fourth-order valence-electron chi connectivity index (χ4n) is 18.0.